The van der Waals surface area contributed by atoms with E-state index in [1.807, 2.05) is 6.20 Å². The number of imidazole rings is 1. The Hall–Kier alpha value is -3.06. The fourth-order valence-corrected chi connectivity index (χ4v) is 4.22. The van der Waals surface area contributed by atoms with E-state index >= 15 is 0 Å². The summed E-state index contributed by atoms with van der Waals surface area (Å²) in [6.45, 7) is 5.18. The van der Waals surface area contributed by atoms with Crippen LogP contribution >= 0.6 is 11.3 Å². The molecule has 3 heterocycles. The van der Waals surface area contributed by atoms with Crippen molar-refractivity contribution in [3.05, 3.63) is 81.3 Å². The molecule has 0 fully saturated rings. The second kappa shape index (κ2) is 9.63. The molecule has 1 N–H and O–H groups in total. The van der Waals surface area contributed by atoms with E-state index in [0.717, 1.165) is 49.3 Å². The third kappa shape index (κ3) is 4.74. The third-order valence-electron chi connectivity index (χ3n) is 5.23. The number of benzene rings is 1. The number of allylic oxidation sites excluding steroid dienone is 1. The minimum Gasteiger partial charge on any atom is -0.324 e. The monoisotopic (exact) mass is 418 g/mol. The first kappa shape index (κ1) is 20.2. The third-order valence-corrected chi connectivity index (χ3v) is 6.11. The maximum atomic E-state index is 4.77. The van der Waals surface area contributed by atoms with Crippen LogP contribution in [0.5, 0.6) is 0 Å². The van der Waals surface area contributed by atoms with Crippen LogP contribution in [0, 0.1) is 6.92 Å². The summed E-state index contributed by atoms with van der Waals surface area (Å²) in [7, 11) is 0. The smallest absolute Gasteiger partial charge is 0.175 e. The number of aromatic amines is 1. The predicted octanol–water partition coefficient (Wildman–Crippen LogP) is 4.94. The molecule has 0 radical (unpaired) electrons. The number of nitrogens with one attached hydrogen (secondary N) is 1. The Labute approximate surface area is 180 Å². The lowest BCUT2D eigenvalue weighted by molar-refractivity contribution is 0.673. The van der Waals surface area contributed by atoms with Gasteiger partial charge in [-0.1, -0.05) is 43.7 Å². The highest BCUT2D eigenvalue weighted by molar-refractivity contribution is 7.10. The van der Waals surface area contributed by atoms with E-state index < -0.39 is 0 Å². The van der Waals surface area contributed by atoms with E-state index in [0.29, 0.717) is 5.82 Å². The van der Waals surface area contributed by atoms with Crippen molar-refractivity contribution in [2.24, 2.45) is 0 Å². The van der Waals surface area contributed by atoms with Gasteiger partial charge in [0.25, 0.3) is 0 Å². The number of hydrogen-bond donors (Lipinski definition) is 1. The van der Waals surface area contributed by atoms with E-state index in [1.165, 1.54) is 16.0 Å². The molecule has 0 bridgehead atoms. The molecule has 0 aliphatic heterocycles. The van der Waals surface area contributed by atoms with Crippen molar-refractivity contribution in [1.29, 1.82) is 0 Å². The fraction of sp³-hybridized carbons (Fsp3) is 0.304. The maximum absolute atomic E-state index is 4.77. The van der Waals surface area contributed by atoms with Gasteiger partial charge in [0.2, 0.25) is 0 Å². The van der Waals surface area contributed by atoms with Gasteiger partial charge < -0.3 is 4.57 Å². The molecule has 0 amide bonds. The fourth-order valence-electron chi connectivity index (χ4n) is 3.50. The Balaban J connectivity index is 1.74. The van der Waals surface area contributed by atoms with E-state index in [2.05, 4.69) is 86.9 Å². The van der Waals surface area contributed by atoms with Crippen molar-refractivity contribution in [2.45, 2.75) is 46.1 Å². The van der Waals surface area contributed by atoms with Crippen molar-refractivity contribution in [3.63, 3.8) is 0 Å². The minimum absolute atomic E-state index is 0.696. The van der Waals surface area contributed by atoms with Gasteiger partial charge in [-0.2, -0.15) is 0 Å². The molecule has 0 atom stereocenters. The summed E-state index contributed by atoms with van der Waals surface area (Å²) in [5.74, 6) is 1.82. The van der Waals surface area contributed by atoms with Crippen LogP contribution in [0.15, 0.2) is 48.0 Å². The molecule has 30 heavy (non-hydrogen) atoms. The van der Waals surface area contributed by atoms with Crippen LogP contribution in [0.3, 0.4) is 0 Å². The first-order chi connectivity index (χ1) is 14.7. The number of hydrogen-bond acceptors (Lipinski definition) is 5. The topological polar surface area (TPSA) is 72.3 Å². The number of thiophene rings is 1. The molecule has 154 valence electrons. The van der Waals surface area contributed by atoms with Gasteiger partial charge in [0.1, 0.15) is 5.82 Å². The second-order valence-electron chi connectivity index (χ2n) is 7.39. The Morgan fingerprint density at radius 2 is 2.10 bits per heavy atom. The zero-order chi connectivity index (χ0) is 20.8. The quantitative estimate of drug-likeness (QED) is 0.418. The molecule has 6 nitrogen and oxygen atoms in total. The molecule has 0 saturated heterocycles. The molecule has 0 saturated carbocycles. The molecular weight excluding hydrogens is 392 g/mol. The molecule has 3 aromatic heterocycles. The Morgan fingerprint density at radius 3 is 2.83 bits per heavy atom. The van der Waals surface area contributed by atoms with Crippen molar-refractivity contribution in [1.82, 2.24) is 30.2 Å². The Morgan fingerprint density at radius 1 is 1.20 bits per heavy atom. The van der Waals surface area contributed by atoms with Crippen LogP contribution < -0.4 is 0 Å². The standard InChI is InChI=1S/C23H26N6S/c1-3-4-11-22-24-15-20(29(22)16-18-9-6-5-8-17(18)2)13-19(23-25-27-28-26-23)14-21-10-7-12-30-21/h5-10,12-13,15H,3-4,11,14,16H2,1-2H3,(H,25,26,27,28). The number of unbranched alkanes of at least 4 members (excludes halogenated alkanes) is 1. The van der Waals surface area contributed by atoms with Crippen LogP contribution in [-0.4, -0.2) is 30.2 Å². The van der Waals surface area contributed by atoms with Gasteiger partial charge in [0.15, 0.2) is 5.82 Å². The Kier molecular flexibility index (Phi) is 6.49. The van der Waals surface area contributed by atoms with Crippen LogP contribution in [0.4, 0.5) is 0 Å². The van der Waals surface area contributed by atoms with E-state index in [4.69, 9.17) is 4.98 Å². The van der Waals surface area contributed by atoms with E-state index in [9.17, 15) is 0 Å². The summed E-state index contributed by atoms with van der Waals surface area (Å²) in [4.78, 5) is 6.04. The summed E-state index contributed by atoms with van der Waals surface area (Å²) in [5, 5.41) is 16.7. The van der Waals surface area contributed by atoms with Crippen LogP contribution in [0.2, 0.25) is 0 Å². The second-order valence-corrected chi connectivity index (χ2v) is 8.42. The number of H-pyrrole nitrogens is 1. The largest absolute Gasteiger partial charge is 0.324 e. The molecule has 4 rings (SSSR count). The number of nitrogens with zero attached hydrogens (tertiary/aromatic N) is 5. The molecule has 0 aliphatic carbocycles. The lowest BCUT2D eigenvalue weighted by atomic mass is 10.1. The first-order valence-corrected chi connectivity index (χ1v) is 11.2. The molecule has 7 heteroatoms. The summed E-state index contributed by atoms with van der Waals surface area (Å²) in [6.07, 6.45) is 8.16. The molecule has 0 spiro atoms. The summed E-state index contributed by atoms with van der Waals surface area (Å²) >= 11 is 1.74. The van der Waals surface area contributed by atoms with Crippen LogP contribution in [0.25, 0.3) is 11.6 Å². The summed E-state index contributed by atoms with van der Waals surface area (Å²) in [6, 6.07) is 12.8. The lowest BCUT2D eigenvalue weighted by Crippen LogP contribution is -2.08. The SMILES string of the molecule is CCCCc1ncc(C=C(Cc2cccs2)c2nnn[nH]2)n1Cc1ccccc1C. The highest BCUT2D eigenvalue weighted by Gasteiger charge is 2.14. The van der Waals surface area contributed by atoms with Crippen LogP contribution in [0.1, 0.15) is 53.1 Å². The molecule has 0 aliphatic rings. The summed E-state index contributed by atoms with van der Waals surface area (Å²) < 4.78 is 2.33. The first-order valence-electron chi connectivity index (χ1n) is 10.3. The van der Waals surface area contributed by atoms with Crippen LogP contribution in [-0.2, 0) is 19.4 Å². The highest BCUT2D eigenvalue weighted by Crippen LogP contribution is 2.24. The van der Waals surface area contributed by atoms with Gasteiger partial charge in [-0.05, 0) is 52.4 Å². The predicted molar refractivity (Wildman–Crippen MR) is 121 cm³/mol. The van der Waals surface area contributed by atoms with Crippen molar-refractivity contribution < 1.29 is 0 Å². The number of tetrazole rings is 1. The maximum Gasteiger partial charge on any atom is 0.175 e. The molecule has 4 aromatic rings. The lowest BCUT2D eigenvalue weighted by Gasteiger charge is -2.13. The van der Waals surface area contributed by atoms with Crippen molar-refractivity contribution in [3.8, 4) is 0 Å². The van der Waals surface area contributed by atoms with Crippen molar-refractivity contribution in [2.75, 3.05) is 0 Å². The highest BCUT2D eigenvalue weighted by atomic mass is 32.1. The molecule has 0 unspecified atom stereocenters. The van der Waals surface area contributed by atoms with E-state index in [1.54, 1.807) is 11.3 Å². The zero-order valence-corrected chi connectivity index (χ0v) is 18.2. The number of aryl methyl sites for hydroxylation is 2. The number of rotatable bonds is 9. The Bertz CT molecular complexity index is 1090. The van der Waals surface area contributed by atoms with E-state index in [-0.39, 0.29) is 0 Å². The van der Waals surface area contributed by atoms with Gasteiger partial charge in [0, 0.05) is 29.8 Å². The number of aromatic nitrogens is 6. The van der Waals surface area contributed by atoms with Gasteiger partial charge >= 0.3 is 0 Å². The molecule has 1 aromatic carbocycles. The summed E-state index contributed by atoms with van der Waals surface area (Å²) in [5.41, 5.74) is 4.73. The van der Waals surface area contributed by atoms with Gasteiger partial charge in [-0.15, -0.1) is 16.4 Å². The van der Waals surface area contributed by atoms with Gasteiger partial charge in [-0.25, -0.2) is 10.1 Å². The van der Waals surface area contributed by atoms with Crippen molar-refractivity contribution >= 4 is 23.0 Å². The minimum atomic E-state index is 0.696. The van der Waals surface area contributed by atoms with Gasteiger partial charge in [-0.3, -0.25) is 0 Å². The average Bonchev–Trinajstić information content (AvgIpc) is 3.51. The molecular formula is C23H26N6S. The van der Waals surface area contributed by atoms with Gasteiger partial charge in [0.05, 0.1) is 11.9 Å². The normalized spacial score (nSPS) is 11.9. The zero-order valence-electron chi connectivity index (χ0n) is 17.4. The average molecular weight is 419 g/mol.